The molecule has 0 aromatic carbocycles. The van der Waals surface area contributed by atoms with E-state index in [0.717, 1.165) is 38.8 Å². The Morgan fingerprint density at radius 2 is 2.05 bits per heavy atom. The van der Waals surface area contributed by atoms with Crippen LogP contribution in [0.4, 0.5) is 0 Å². The minimum Gasteiger partial charge on any atom is -0.340 e. The summed E-state index contributed by atoms with van der Waals surface area (Å²) in [5.74, 6) is 0.342. The molecule has 2 heterocycles. The van der Waals surface area contributed by atoms with Crippen LogP contribution in [-0.2, 0) is 10.2 Å². The van der Waals surface area contributed by atoms with Gasteiger partial charge in [-0.3, -0.25) is 4.79 Å². The van der Waals surface area contributed by atoms with Crippen LogP contribution in [0.25, 0.3) is 0 Å². The number of thiophene rings is 1. The zero-order chi connectivity index (χ0) is 14.0. The quantitative estimate of drug-likeness (QED) is 0.905. The second-order valence-electron chi connectivity index (χ2n) is 6.27. The monoisotopic (exact) mass is 328 g/mol. The van der Waals surface area contributed by atoms with E-state index in [1.54, 1.807) is 11.3 Å². The average molecular weight is 329 g/mol. The van der Waals surface area contributed by atoms with Gasteiger partial charge in [0.05, 0.1) is 5.41 Å². The Morgan fingerprint density at radius 1 is 1.29 bits per heavy atom. The molecule has 2 aliphatic rings. The van der Waals surface area contributed by atoms with E-state index in [-0.39, 0.29) is 23.9 Å². The van der Waals surface area contributed by atoms with Crippen LogP contribution in [0.15, 0.2) is 17.5 Å². The standard InChI is InChI=1S/C16H24N2OS.ClH/c17-13-6-4-10-18(12-13)15(19)16(8-2-1-3-9-16)14-7-5-11-20-14;/h5,7,11,13H,1-4,6,8-10,12,17H2;1H. The average Bonchev–Trinajstić information content (AvgIpc) is 3.02. The fraction of sp³-hybridized carbons (Fsp3) is 0.688. The number of halogens is 1. The lowest BCUT2D eigenvalue weighted by Crippen LogP contribution is -2.53. The first kappa shape index (κ1) is 16.8. The van der Waals surface area contributed by atoms with Gasteiger partial charge in [-0.15, -0.1) is 23.7 Å². The summed E-state index contributed by atoms with van der Waals surface area (Å²) in [6.07, 6.45) is 7.73. The molecule has 5 heteroatoms. The first-order valence-corrected chi connectivity index (χ1v) is 8.69. The number of rotatable bonds is 2. The third-order valence-electron chi connectivity index (χ3n) is 4.85. The van der Waals surface area contributed by atoms with Crippen LogP contribution >= 0.6 is 23.7 Å². The molecule has 2 N–H and O–H groups in total. The van der Waals surface area contributed by atoms with Crippen LogP contribution in [0.3, 0.4) is 0 Å². The Bertz CT molecular complexity index is 457. The summed E-state index contributed by atoms with van der Waals surface area (Å²) in [6, 6.07) is 4.39. The number of amides is 1. The second kappa shape index (κ2) is 7.12. The summed E-state index contributed by atoms with van der Waals surface area (Å²) in [4.78, 5) is 16.5. The third-order valence-corrected chi connectivity index (χ3v) is 5.93. The Balaban J connectivity index is 0.00000161. The van der Waals surface area contributed by atoms with Gasteiger partial charge in [0, 0.05) is 24.0 Å². The summed E-state index contributed by atoms with van der Waals surface area (Å²) in [6.45, 7) is 1.63. The minimum absolute atomic E-state index is 0. The number of hydrogen-bond acceptors (Lipinski definition) is 3. The van der Waals surface area contributed by atoms with Crippen molar-refractivity contribution < 1.29 is 4.79 Å². The van der Waals surface area contributed by atoms with Crippen molar-refractivity contribution in [1.29, 1.82) is 0 Å². The van der Waals surface area contributed by atoms with Gasteiger partial charge >= 0.3 is 0 Å². The van der Waals surface area contributed by atoms with Gasteiger partial charge in [0.25, 0.3) is 0 Å². The fourth-order valence-corrected chi connectivity index (χ4v) is 4.75. The summed E-state index contributed by atoms with van der Waals surface area (Å²) < 4.78 is 0. The highest BCUT2D eigenvalue weighted by molar-refractivity contribution is 7.10. The number of nitrogens with zero attached hydrogens (tertiary/aromatic N) is 1. The molecule has 0 radical (unpaired) electrons. The lowest BCUT2D eigenvalue weighted by molar-refractivity contribution is -0.140. The van der Waals surface area contributed by atoms with Crippen molar-refractivity contribution in [2.45, 2.75) is 56.4 Å². The molecule has 2 fully saturated rings. The van der Waals surface area contributed by atoms with Gasteiger partial charge in [0.2, 0.25) is 5.91 Å². The van der Waals surface area contributed by atoms with Gasteiger partial charge < -0.3 is 10.6 Å². The topological polar surface area (TPSA) is 46.3 Å². The van der Waals surface area contributed by atoms with E-state index in [1.165, 1.54) is 24.1 Å². The van der Waals surface area contributed by atoms with Crippen molar-refractivity contribution in [3.05, 3.63) is 22.4 Å². The molecule has 1 aliphatic heterocycles. The highest BCUT2D eigenvalue weighted by Crippen LogP contribution is 2.43. The van der Waals surface area contributed by atoms with E-state index in [9.17, 15) is 4.79 Å². The van der Waals surface area contributed by atoms with E-state index in [0.29, 0.717) is 5.91 Å². The summed E-state index contributed by atoms with van der Waals surface area (Å²) in [7, 11) is 0. The Morgan fingerprint density at radius 3 is 2.67 bits per heavy atom. The third kappa shape index (κ3) is 3.27. The van der Waals surface area contributed by atoms with Gasteiger partial charge in [-0.25, -0.2) is 0 Å². The van der Waals surface area contributed by atoms with E-state index in [4.69, 9.17) is 5.73 Å². The predicted molar refractivity (Wildman–Crippen MR) is 90.1 cm³/mol. The van der Waals surface area contributed by atoms with Crippen molar-refractivity contribution in [3.63, 3.8) is 0 Å². The largest absolute Gasteiger partial charge is 0.340 e. The number of nitrogens with two attached hydrogens (primary N) is 1. The molecule has 1 aromatic rings. The van der Waals surface area contributed by atoms with Crippen molar-refractivity contribution in [3.8, 4) is 0 Å². The van der Waals surface area contributed by atoms with Gasteiger partial charge in [-0.2, -0.15) is 0 Å². The molecule has 1 aliphatic carbocycles. The number of likely N-dealkylation sites (tertiary alicyclic amines) is 1. The van der Waals surface area contributed by atoms with Crippen molar-refractivity contribution >= 4 is 29.7 Å². The number of carbonyl (C=O) groups is 1. The van der Waals surface area contributed by atoms with Crippen LogP contribution in [0.5, 0.6) is 0 Å². The normalized spacial score (nSPS) is 25.2. The highest BCUT2D eigenvalue weighted by atomic mass is 35.5. The van der Waals surface area contributed by atoms with Crippen LogP contribution < -0.4 is 5.73 Å². The molecule has 1 saturated carbocycles. The molecule has 3 rings (SSSR count). The Kier molecular flexibility index (Phi) is 5.69. The molecule has 1 amide bonds. The van der Waals surface area contributed by atoms with Gasteiger partial charge in [0.15, 0.2) is 0 Å². The molecular formula is C16H25ClN2OS. The lowest BCUT2D eigenvalue weighted by atomic mass is 9.71. The highest BCUT2D eigenvalue weighted by Gasteiger charge is 2.44. The SMILES string of the molecule is Cl.NC1CCCN(C(=O)C2(c3cccs3)CCCCC2)C1. The molecule has 3 nitrogen and oxygen atoms in total. The maximum atomic E-state index is 13.2. The molecule has 21 heavy (non-hydrogen) atoms. The van der Waals surface area contributed by atoms with Crippen molar-refractivity contribution in [2.75, 3.05) is 13.1 Å². The summed E-state index contributed by atoms with van der Waals surface area (Å²) >= 11 is 1.74. The molecule has 1 unspecified atom stereocenters. The number of carbonyl (C=O) groups excluding carboxylic acids is 1. The molecular weight excluding hydrogens is 304 g/mol. The number of hydrogen-bond donors (Lipinski definition) is 1. The van der Waals surface area contributed by atoms with Crippen LogP contribution in [0.2, 0.25) is 0 Å². The van der Waals surface area contributed by atoms with Gasteiger partial charge in [-0.1, -0.05) is 25.3 Å². The number of piperidine rings is 1. The molecule has 1 saturated heterocycles. The molecule has 0 bridgehead atoms. The maximum absolute atomic E-state index is 13.2. The smallest absolute Gasteiger partial charge is 0.234 e. The molecule has 118 valence electrons. The van der Waals surface area contributed by atoms with Crippen LogP contribution in [0.1, 0.15) is 49.8 Å². The fourth-order valence-electron chi connectivity index (χ4n) is 3.77. The van der Waals surface area contributed by atoms with Crippen molar-refractivity contribution in [1.82, 2.24) is 4.90 Å². The zero-order valence-electron chi connectivity index (χ0n) is 12.4. The minimum atomic E-state index is -0.247. The molecule has 1 aromatic heterocycles. The Hall–Kier alpha value is -0.580. The van der Waals surface area contributed by atoms with Gasteiger partial charge in [-0.05, 0) is 37.1 Å². The summed E-state index contributed by atoms with van der Waals surface area (Å²) in [5, 5.41) is 2.10. The van der Waals surface area contributed by atoms with Crippen LogP contribution in [0, 0.1) is 0 Å². The maximum Gasteiger partial charge on any atom is 0.234 e. The van der Waals surface area contributed by atoms with Crippen LogP contribution in [-0.4, -0.2) is 29.9 Å². The van der Waals surface area contributed by atoms with E-state index < -0.39 is 0 Å². The summed E-state index contributed by atoms with van der Waals surface area (Å²) in [5.41, 5.74) is 5.82. The Labute approximate surface area is 137 Å². The van der Waals surface area contributed by atoms with E-state index in [1.807, 2.05) is 4.90 Å². The second-order valence-corrected chi connectivity index (χ2v) is 7.22. The first-order chi connectivity index (χ1) is 9.72. The lowest BCUT2D eigenvalue weighted by Gasteiger charge is -2.41. The molecule has 1 atom stereocenters. The molecule has 0 spiro atoms. The van der Waals surface area contributed by atoms with Crippen molar-refractivity contribution in [2.24, 2.45) is 5.73 Å². The van der Waals surface area contributed by atoms with Gasteiger partial charge in [0.1, 0.15) is 0 Å². The zero-order valence-corrected chi connectivity index (χ0v) is 14.1. The first-order valence-electron chi connectivity index (χ1n) is 7.81. The predicted octanol–water partition coefficient (Wildman–Crippen LogP) is 3.32. The van der Waals surface area contributed by atoms with E-state index in [2.05, 4.69) is 17.5 Å². The van der Waals surface area contributed by atoms with E-state index >= 15 is 0 Å².